The van der Waals surface area contributed by atoms with Crippen molar-refractivity contribution >= 4 is 22.7 Å². The molecule has 2 heterocycles. The van der Waals surface area contributed by atoms with Crippen LogP contribution in [-0.4, -0.2) is 32.0 Å². The highest BCUT2D eigenvalue weighted by Gasteiger charge is 2.28. The van der Waals surface area contributed by atoms with E-state index in [1.807, 2.05) is 79.7 Å². The molecule has 0 saturated heterocycles. The van der Waals surface area contributed by atoms with Gasteiger partial charge in [0.15, 0.2) is 0 Å². The molecule has 2 aromatic heterocycles. The number of ether oxygens (including phenoxy) is 2. The molecule has 41 heavy (non-hydrogen) atoms. The Morgan fingerprint density at radius 2 is 1.93 bits per heavy atom. The molecule has 1 amide bonds. The Morgan fingerprint density at radius 1 is 1.12 bits per heavy atom. The average Bonchev–Trinajstić information content (AvgIpc) is 3.59. The number of nitriles is 1. The first-order valence-corrected chi connectivity index (χ1v) is 13.8. The molecule has 0 unspecified atom stereocenters. The van der Waals surface area contributed by atoms with Crippen LogP contribution in [0.15, 0.2) is 85.5 Å². The van der Waals surface area contributed by atoms with E-state index >= 15 is 0 Å². The third-order valence-corrected chi connectivity index (χ3v) is 7.54. The number of aromatic nitrogens is 4. The number of hydrogen-bond donors (Lipinski definition) is 1. The maximum absolute atomic E-state index is 12.5. The van der Waals surface area contributed by atoms with Crippen molar-refractivity contribution in [2.75, 3.05) is 11.9 Å². The minimum absolute atomic E-state index is 0.334. The van der Waals surface area contributed by atoms with Crippen LogP contribution >= 0.6 is 0 Å². The molecule has 3 aromatic carbocycles. The minimum atomic E-state index is -0.522. The summed E-state index contributed by atoms with van der Waals surface area (Å²) >= 11 is 0. The summed E-state index contributed by atoms with van der Waals surface area (Å²) in [5.74, 6) is 0.703. The van der Waals surface area contributed by atoms with E-state index in [-0.39, 0.29) is 6.10 Å². The van der Waals surface area contributed by atoms with Crippen LogP contribution in [0.25, 0.3) is 22.2 Å². The van der Waals surface area contributed by atoms with E-state index in [9.17, 15) is 10.1 Å². The highest BCUT2D eigenvalue weighted by Crippen LogP contribution is 2.43. The second kappa shape index (κ2) is 11.6. The molecule has 1 N–H and O–H groups in total. The van der Waals surface area contributed by atoms with Gasteiger partial charge >= 0.3 is 6.09 Å². The van der Waals surface area contributed by atoms with Gasteiger partial charge in [0.05, 0.1) is 23.3 Å². The van der Waals surface area contributed by atoms with Crippen LogP contribution in [-0.2, 0) is 11.3 Å². The molecule has 0 spiro atoms. The number of carbonyl (C=O) groups excluding carboxylic acids is 1. The van der Waals surface area contributed by atoms with Crippen LogP contribution in [0.2, 0.25) is 0 Å². The zero-order valence-corrected chi connectivity index (χ0v) is 22.7. The van der Waals surface area contributed by atoms with E-state index in [1.165, 1.54) is 12.7 Å². The SMILES string of the molecule is C[C@H](OC(=O)Nc1ccc(-c2c(C#N)c3cc(OCCn4cncn4)ccc3n2C2CCC2)cc1)c1ccccc1. The van der Waals surface area contributed by atoms with Gasteiger partial charge in [-0.05, 0) is 67.6 Å². The van der Waals surface area contributed by atoms with Gasteiger partial charge in [-0.15, -0.1) is 0 Å². The maximum atomic E-state index is 12.5. The summed E-state index contributed by atoms with van der Waals surface area (Å²) in [5, 5.41) is 18.1. The summed E-state index contributed by atoms with van der Waals surface area (Å²) < 4.78 is 15.6. The summed E-state index contributed by atoms with van der Waals surface area (Å²) in [7, 11) is 0. The van der Waals surface area contributed by atoms with Crippen LogP contribution in [0, 0.1) is 11.3 Å². The standard InChI is InChI=1S/C32H30N6O3/c1-22(23-6-3-2-4-7-23)41-32(39)36-25-12-10-24(11-13-25)31-29(19-33)28-18-27(40-17-16-37-21-34-20-35-37)14-15-30(28)38(31)26-8-5-9-26/h2-4,6-7,10-15,18,20-22,26H,5,8-9,16-17H2,1H3,(H,36,39)/t22-/m0/s1. The molecule has 0 aliphatic heterocycles. The Labute approximate surface area is 238 Å². The van der Waals surface area contributed by atoms with Gasteiger partial charge in [-0.2, -0.15) is 10.4 Å². The molecule has 1 saturated carbocycles. The molecule has 1 fully saturated rings. The molecule has 1 aliphatic rings. The summed E-state index contributed by atoms with van der Waals surface area (Å²) in [6.07, 6.45) is 5.57. The van der Waals surface area contributed by atoms with Gasteiger partial charge in [-0.3, -0.25) is 5.32 Å². The normalized spacial score (nSPS) is 13.8. The summed E-state index contributed by atoms with van der Waals surface area (Å²) in [4.78, 5) is 16.5. The zero-order chi connectivity index (χ0) is 28.2. The third-order valence-electron chi connectivity index (χ3n) is 7.54. The lowest BCUT2D eigenvalue weighted by Gasteiger charge is -2.30. The number of benzene rings is 3. The van der Waals surface area contributed by atoms with Crippen molar-refractivity contribution in [3.05, 3.63) is 96.6 Å². The van der Waals surface area contributed by atoms with Crippen molar-refractivity contribution in [2.24, 2.45) is 0 Å². The Balaban J connectivity index is 1.24. The van der Waals surface area contributed by atoms with Gasteiger partial charge in [-0.1, -0.05) is 42.5 Å². The maximum Gasteiger partial charge on any atom is 0.412 e. The first kappa shape index (κ1) is 26.1. The van der Waals surface area contributed by atoms with Crippen molar-refractivity contribution < 1.29 is 14.3 Å². The highest BCUT2D eigenvalue weighted by atomic mass is 16.6. The number of nitrogens with zero attached hydrogens (tertiary/aromatic N) is 5. The number of amides is 1. The van der Waals surface area contributed by atoms with Crippen LogP contribution in [0.1, 0.15) is 49.5 Å². The first-order chi connectivity index (χ1) is 20.1. The van der Waals surface area contributed by atoms with Gasteiger partial charge in [0.1, 0.15) is 37.2 Å². The minimum Gasteiger partial charge on any atom is -0.492 e. The van der Waals surface area contributed by atoms with E-state index in [2.05, 4.69) is 26.0 Å². The molecular formula is C32H30N6O3. The van der Waals surface area contributed by atoms with Crippen molar-refractivity contribution in [3.8, 4) is 23.1 Å². The summed E-state index contributed by atoms with van der Waals surface area (Å²) in [6.45, 7) is 2.86. The number of hydrogen-bond acceptors (Lipinski definition) is 6. The average molecular weight is 547 g/mol. The molecule has 0 radical (unpaired) electrons. The van der Waals surface area contributed by atoms with Gasteiger partial charge in [0.25, 0.3) is 0 Å². The molecule has 9 nitrogen and oxygen atoms in total. The Morgan fingerprint density at radius 3 is 2.61 bits per heavy atom. The fourth-order valence-corrected chi connectivity index (χ4v) is 5.22. The molecule has 9 heteroatoms. The third kappa shape index (κ3) is 5.50. The fourth-order valence-electron chi connectivity index (χ4n) is 5.22. The van der Waals surface area contributed by atoms with Gasteiger partial charge < -0.3 is 14.0 Å². The predicted octanol–water partition coefficient (Wildman–Crippen LogP) is 6.89. The molecule has 206 valence electrons. The molecule has 1 atom stereocenters. The number of fused-ring (bicyclic) bond motifs is 1. The lowest BCUT2D eigenvalue weighted by molar-refractivity contribution is 0.121. The van der Waals surface area contributed by atoms with Gasteiger partial charge in [0, 0.05) is 17.1 Å². The zero-order valence-electron chi connectivity index (χ0n) is 22.7. The van der Waals surface area contributed by atoms with E-state index in [0.717, 1.165) is 40.6 Å². The van der Waals surface area contributed by atoms with Crippen molar-refractivity contribution in [2.45, 2.75) is 44.9 Å². The fraction of sp³-hybridized carbons (Fsp3) is 0.250. The lowest BCUT2D eigenvalue weighted by Crippen LogP contribution is -2.18. The van der Waals surface area contributed by atoms with Gasteiger partial charge in [0.2, 0.25) is 0 Å². The van der Waals surface area contributed by atoms with Crippen LogP contribution in [0.5, 0.6) is 5.75 Å². The molecule has 0 bridgehead atoms. The number of carbonyl (C=O) groups is 1. The smallest absolute Gasteiger partial charge is 0.412 e. The number of nitrogens with one attached hydrogen (secondary N) is 1. The van der Waals surface area contributed by atoms with Gasteiger partial charge in [-0.25, -0.2) is 14.5 Å². The van der Waals surface area contributed by atoms with E-state index in [4.69, 9.17) is 9.47 Å². The second-order valence-corrected chi connectivity index (χ2v) is 10.1. The van der Waals surface area contributed by atoms with E-state index in [0.29, 0.717) is 36.2 Å². The Kier molecular flexibility index (Phi) is 7.37. The predicted molar refractivity (Wildman–Crippen MR) is 155 cm³/mol. The van der Waals surface area contributed by atoms with E-state index in [1.54, 1.807) is 11.0 Å². The Bertz CT molecular complexity index is 1680. The van der Waals surface area contributed by atoms with E-state index < -0.39 is 6.09 Å². The highest BCUT2D eigenvalue weighted by molar-refractivity contribution is 5.96. The molecular weight excluding hydrogens is 516 g/mol. The largest absolute Gasteiger partial charge is 0.492 e. The van der Waals surface area contributed by atoms with Crippen molar-refractivity contribution in [1.82, 2.24) is 19.3 Å². The Hall–Kier alpha value is -5.10. The molecule has 5 aromatic rings. The summed E-state index contributed by atoms with van der Waals surface area (Å²) in [5.41, 5.74) is 4.98. The monoisotopic (exact) mass is 546 g/mol. The molecule has 6 rings (SSSR count). The van der Waals surface area contributed by atoms with Crippen LogP contribution in [0.4, 0.5) is 10.5 Å². The number of anilines is 1. The van der Waals surface area contributed by atoms with Crippen molar-refractivity contribution in [3.63, 3.8) is 0 Å². The summed E-state index contributed by atoms with van der Waals surface area (Å²) in [6, 6.07) is 25.9. The second-order valence-electron chi connectivity index (χ2n) is 10.1. The quantitative estimate of drug-likeness (QED) is 0.216. The topological polar surface area (TPSA) is 107 Å². The van der Waals surface area contributed by atoms with Crippen LogP contribution in [0.3, 0.4) is 0 Å². The lowest BCUT2D eigenvalue weighted by atomic mass is 9.92. The molecule has 1 aliphatic carbocycles. The number of rotatable bonds is 9. The first-order valence-electron chi connectivity index (χ1n) is 13.8. The van der Waals surface area contributed by atoms with Crippen molar-refractivity contribution in [1.29, 1.82) is 5.26 Å². The van der Waals surface area contributed by atoms with Crippen LogP contribution < -0.4 is 10.1 Å².